The van der Waals surface area contributed by atoms with Crippen molar-refractivity contribution in [2.75, 3.05) is 43.5 Å². The average molecular weight is 237 g/mol. The molecule has 0 aromatic carbocycles. The smallest absolute Gasteiger partial charge is 0.134 e. The maximum absolute atomic E-state index is 5.45. The lowest BCUT2D eigenvalue weighted by molar-refractivity contribution is 0.0783. The second-order valence-electron chi connectivity index (χ2n) is 4.14. The molecule has 2 rings (SSSR count). The number of hydrogen-bond acceptors (Lipinski definition) is 6. The van der Waals surface area contributed by atoms with Gasteiger partial charge in [0.05, 0.1) is 6.10 Å². The number of ether oxygens (including phenoxy) is 1. The summed E-state index contributed by atoms with van der Waals surface area (Å²) in [6, 6.07) is 1.95. The van der Waals surface area contributed by atoms with Crippen LogP contribution >= 0.6 is 0 Å². The van der Waals surface area contributed by atoms with Gasteiger partial charge in [-0.3, -0.25) is 0 Å². The molecule has 1 aromatic rings. The third-order valence-electron chi connectivity index (χ3n) is 2.78. The average Bonchev–Trinajstić information content (AvgIpc) is 2.24. The van der Waals surface area contributed by atoms with E-state index in [0.717, 1.165) is 37.1 Å². The van der Waals surface area contributed by atoms with Gasteiger partial charge in [0, 0.05) is 39.4 Å². The van der Waals surface area contributed by atoms with Crippen LogP contribution in [0.4, 0.5) is 11.6 Å². The van der Waals surface area contributed by atoms with Gasteiger partial charge in [-0.25, -0.2) is 9.97 Å². The minimum absolute atomic E-state index is 0.325. The maximum atomic E-state index is 5.45. The van der Waals surface area contributed by atoms with Gasteiger partial charge in [-0.2, -0.15) is 0 Å². The number of nitrogens with two attached hydrogens (primary N) is 1. The van der Waals surface area contributed by atoms with Gasteiger partial charge in [-0.15, -0.1) is 0 Å². The molecule has 0 aliphatic carbocycles. The molecule has 0 saturated carbocycles. The first kappa shape index (κ1) is 12.1. The standard InChI is InChI=1S/C11H19N5O/c1-8-14-10(13-4-3-12)5-11(15-8)16-6-9(7-16)17-2/h5,9H,3-4,6-7,12H2,1-2H3,(H,13,14,15). The largest absolute Gasteiger partial charge is 0.378 e. The Morgan fingerprint density at radius 3 is 2.94 bits per heavy atom. The summed E-state index contributed by atoms with van der Waals surface area (Å²) >= 11 is 0. The van der Waals surface area contributed by atoms with Gasteiger partial charge in [0.15, 0.2) is 0 Å². The van der Waals surface area contributed by atoms with E-state index in [-0.39, 0.29) is 0 Å². The number of anilines is 2. The molecule has 0 atom stereocenters. The van der Waals surface area contributed by atoms with Crippen molar-refractivity contribution < 1.29 is 4.74 Å². The molecule has 1 aromatic heterocycles. The Morgan fingerprint density at radius 2 is 2.29 bits per heavy atom. The van der Waals surface area contributed by atoms with Gasteiger partial charge in [-0.05, 0) is 6.92 Å². The highest BCUT2D eigenvalue weighted by molar-refractivity contribution is 5.51. The molecule has 1 aliphatic heterocycles. The molecular weight excluding hydrogens is 218 g/mol. The number of aryl methyl sites for hydroxylation is 1. The van der Waals surface area contributed by atoms with Gasteiger partial charge < -0.3 is 20.7 Å². The zero-order chi connectivity index (χ0) is 12.3. The first-order valence-corrected chi connectivity index (χ1v) is 5.80. The van der Waals surface area contributed by atoms with Crippen molar-refractivity contribution >= 4 is 11.6 Å². The molecule has 1 aliphatic rings. The number of rotatable bonds is 5. The van der Waals surface area contributed by atoms with Crippen molar-refractivity contribution in [2.24, 2.45) is 5.73 Å². The fraction of sp³-hybridized carbons (Fsp3) is 0.636. The normalized spacial score (nSPS) is 15.8. The zero-order valence-corrected chi connectivity index (χ0v) is 10.3. The van der Waals surface area contributed by atoms with Gasteiger partial charge in [0.2, 0.25) is 0 Å². The predicted molar refractivity (Wildman–Crippen MR) is 67.3 cm³/mol. The molecule has 0 radical (unpaired) electrons. The third kappa shape index (κ3) is 2.83. The number of methoxy groups -OCH3 is 1. The Balaban J connectivity index is 2.04. The van der Waals surface area contributed by atoms with Crippen LogP contribution in [0.15, 0.2) is 6.07 Å². The Morgan fingerprint density at radius 1 is 1.53 bits per heavy atom. The van der Waals surface area contributed by atoms with Crippen LogP contribution in [0.3, 0.4) is 0 Å². The van der Waals surface area contributed by atoms with Crippen molar-refractivity contribution in [1.29, 1.82) is 0 Å². The quantitative estimate of drug-likeness (QED) is 0.750. The van der Waals surface area contributed by atoms with Crippen LogP contribution in [0.5, 0.6) is 0 Å². The minimum atomic E-state index is 0.325. The highest BCUT2D eigenvalue weighted by atomic mass is 16.5. The second-order valence-corrected chi connectivity index (χ2v) is 4.14. The molecule has 17 heavy (non-hydrogen) atoms. The minimum Gasteiger partial charge on any atom is -0.378 e. The summed E-state index contributed by atoms with van der Waals surface area (Å²) in [5.74, 6) is 2.55. The van der Waals surface area contributed by atoms with Crippen LogP contribution in [0.25, 0.3) is 0 Å². The molecule has 0 amide bonds. The summed E-state index contributed by atoms with van der Waals surface area (Å²) in [6.07, 6.45) is 0.325. The number of nitrogens with one attached hydrogen (secondary N) is 1. The summed E-state index contributed by atoms with van der Waals surface area (Å²) < 4.78 is 5.25. The fourth-order valence-electron chi connectivity index (χ4n) is 1.78. The van der Waals surface area contributed by atoms with Crippen LogP contribution in [0.1, 0.15) is 5.82 Å². The summed E-state index contributed by atoms with van der Waals surface area (Å²) in [5, 5.41) is 3.17. The lowest BCUT2D eigenvalue weighted by atomic mass is 10.1. The Kier molecular flexibility index (Phi) is 3.75. The fourth-order valence-corrected chi connectivity index (χ4v) is 1.78. The molecule has 6 nitrogen and oxygen atoms in total. The molecular formula is C11H19N5O. The Labute approximate surface area is 101 Å². The molecule has 2 heterocycles. The predicted octanol–water partition coefficient (Wildman–Crippen LogP) is -0.00938. The summed E-state index contributed by atoms with van der Waals surface area (Å²) in [7, 11) is 1.74. The third-order valence-corrected chi connectivity index (χ3v) is 2.78. The van der Waals surface area contributed by atoms with E-state index in [1.807, 2.05) is 13.0 Å². The maximum Gasteiger partial charge on any atom is 0.134 e. The van der Waals surface area contributed by atoms with Crippen LogP contribution in [0, 0.1) is 6.92 Å². The van der Waals surface area contributed by atoms with Crippen molar-refractivity contribution in [2.45, 2.75) is 13.0 Å². The van der Waals surface area contributed by atoms with Gasteiger partial charge >= 0.3 is 0 Å². The zero-order valence-electron chi connectivity index (χ0n) is 10.3. The molecule has 6 heteroatoms. The molecule has 1 saturated heterocycles. The molecule has 0 unspecified atom stereocenters. The summed E-state index contributed by atoms with van der Waals surface area (Å²) in [5.41, 5.74) is 5.45. The van der Waals surface area contributed by atoms with Crippen LogP contribution in [0.2, 0.25) is 0 Å². The summed E-state index contributed by atoms with van der Waals surface area (Å²) in [4.78, 5) is 10.9. The van der Waals surface area contributed by atoms with E-state index in [1.54, 1.807) is 7.11 Å². The lowest BCUT2D eigenvalue weighted by Crippen LogP contribution is -2.52. The topological polar surface area (TPSA) is 76.3 Å². The van der Waals surface area contributed by atoms with E-state index in [2.05, 4.69) is 20.2 Å². The van der Waals surface area contributed by atoms with Crippen LogP contribution < -0.4 is 16.0 Å². The van der Waals surface area contributed by atoms with E-state index in [0.29, 0.717) is 12.6 Å². The van der Waals surface area contributed by atoms with E-state index in [4.69, 9.17) is 10.5 Å². The van der Waals surface area contributed by atoms with E-state index in [9.17, 15) is 0 Å². The van der Waals surface area contributed by atoms with Gasteiger partial charge in [0.1, 0.15) is 17.5 Å². The first-order valence-electron chi connectivity index (χ1n) is 5.80. The number of nitrogens with zero attached hydrogens (tertiary/aromatic N) is 3. The monoisotopic (exact) mass is 237 g/mol. The highest BCUT2D eigenvalue weighted by Crippen LogP contribution is 2.22. The van der Waals surface area contributed by atoms with E-state index < -0.39 is 0 Å². The SMILES string of the molecule is COC1CN(c2cc(NCCN)nc(C)n2)C1. The van der Waals surface area contributed by atoms with Crippen molar-refractivity contribution in [3.05, 3.63) is 11.9 Å². The Hall–Kier alpha value is -1.40. The second kappa shape index (κ2) is 5.29. The van der Waals surface area contributed by atoms with Crippen molar-refractivity contribution in [3.8, 4) is 0 Å². The number of hydrogen-bond donors (Lipinski definition) is 2. The van der Waals surface area contributed by atoms with E-state index >= 15 is 0 Å². The van der Waals surface area contributed by atoms with Gasteiger partial charge in [-0.1, -0.05) is 0 Å². The van der Waals surface area contributed by atoms with Crippen LogP contribution in [-0.4, -0.2) is 49.4 Å². The van der Waals surface area contributed by atoms with Crippen molar-refractivity contribution in [1.82, 2.24) is 9.97 Å². The Bertz CT molecular complexity index is 378. The van der Waals surface area contributed by atoms with Gasteiger partial charge in [0.25, 0.3) is 0 Å². The molecule has 94 valence electrons. The van der Waals surface area contributed by atoms with Crippen molar-refractivity contribution in [3.63, 3.8) is 0 Å². The molecule has 1 fully saturated rings. The lowest BCUT2D eigenvalue weighted by Gasteiger charge is -2.39. The van der Waals surface area contributed by atoms with Crippen LogP contribution in [-0.2, 0) is 4.74 Å². The summed E-state index contributed by atoms with van der Waals surface area (Å²) in [6.45, 7) is 4.99. The molecule has 0 spiro atoms. The molecule has 3 N–H and O–H groups in total. The number of aromatic nitrogens is 2. The highest BCUT2D eigenvalue weighted by Gasteiger charge is 2.27. The van der Waals surface area contributed by atoms with E-state index in [1.165, 1.54) is 0 Å². The molecule has 0 bridgehead atoms. The first-order chi connectivity index (χ1) is 8.22.